The van der Waals surface area contributed by atoms with Gasteiger partial charge >= 0.3 is 12.3 Å². The molecule has 0 radical (unpaired) electrons. The molecule has 1 amide bonds. The molecule has 1 atom stereocenters. The Balaban J connectivity index is 1.61. The summed E-state index contributed by atoms with van der Waals surface area (Å²) in [4.78, 5) is 18.8. The highest BCUT2D eigenvalue weighted by molar-refractivity contribution is 5.68. The quantitative estimate of drug-likeness (QED) is 0.595. The standard InChI is InChI=1S/C23H31F3N4O2/c1-14-11-19(16-9-10-22(2,3)29(13-16)21(31)32-4)30-20(27-14)12-18(28-30)15-5-7-17(8-6-15)23(24,25)26/h11-12,15-17H,5-10,13H2,1-4H3/t15?,16-,17?/m0/s1. The smallest absolute Gasteiger partial charge is 0.409 e. The van der Waals surface area contributed by atoms with E-state index in [1.54, 1.807) is 4.90 Å². The van der Waals surface area contributed by atoms with Crippen molar-refractivity contribution in [2.45, 2.75) is 82.8 Å². The van der Waals surface area contributed by atoms with Crippen LogP contribution in [0, 0.1) is 12.8 Å². The summed E-state index contributed by atoms with van der Waals surface area (Å²) in [7, 11) is 1.39. The number of aromatic nitrogens is 3. The topological polar surface area (TPSA) is 59.7 Å². The molecule has 32 heavy (non-hydrogen) atoms. The number of ether oxygens (including phenoxy) is 1. The molecule has 1 saturated heterocycles. The Kier molecular flexibility index (Phi) is 5.88. The SMILES string of the molecule is COC(=O)N1C[C@@H](c2cc(C)nc3cc(C4CCC(C(F)(F)F)CC4)nn23)CCC1(C)C. The Morgan fingerprint density at radius 1 is 1.12 bits per heavy atom. The monoisotopic (exact) mass is 452 g/mol. The molecule has 6 nitrogen and oxygen atoms in total. The van der Waals surface area contributed by atoms with Crippen LogP contribution in [0.2, 0.25) is 0 Å². The fourth-order valence-electron chi connectivity index (χ4n) is 5.25. The molecular formula is C23H31F3N4O2. The molecule has 3 heterocycles. The number of fused-ring (bicyclic) bond motifs is 1. The largest absolute Gasteiger partial charge is 0.453 e. The number of rotatable bonds is 2. The van der Waals surface area contributed by atoms with Gasteiger partial charge in [-0.15, -0.1) is 0 Å². The minimum Gasteiger partial charge on any atom is -0.453 e. The molecule has 0 bridgehead atoms. The molecule has 176 valence electrons. The molecule has 1 aliphatic carbocycles. The van der Waals surface area contributed by atoms with Crippen LogP contribution in [0.5, 0.6) is 0 Å². The number of nitrogens with zero attached hydrogens (tertiary/aromatic N) is 4. The van der Waals surface area contributed by atoms with Crippen LogP contribution >= 0.6 is 0 Å². The van der Waals surface area contributed by atoms with E-state index in [4.69, 9.17) is 9.84 Å². The van der Waals surface area contributed by atoms with Crippen molar-refractivity contribution in [1.82, 2.24) is 19.5 Å². The van der Waals surface area contributed by atoms with Gasteiger partial charge in [0, 0.05) is 35.7 Å². The molecule has 0 aromatic carbocycles. The lowest BCUT2D eigenvalue weighted by molar-refractivity contribution is -0.182. The maximum Gasteiger partial charge on any atom is 0.409 e. The van der Waals surface area contributed by atoms with Crippen molar-refractivity contribution in [3.05, 3.63) is 29.2 Å². The van der Waals surface area contributed by atoms with E-state index in [1.807, 2.05) is 37.4 Å². The normalized spacial score (nSPS) is 26.3. The average molecular weight is 453 g/mol. The molecule has 2 fully saturated rings. The summed E-state index contributed by atoms with van der Waals surface area (Å²) in [6.45, 7) is 6.52. The molecule has 0 N–H and O–H groups in total. The first-order chi connectivity index (χ1) is 15.0. The number of piperidine rings is 1. The average Bonchev–Trinajstić information content (AvgIpc) is 3.16. The van der Waals surface area contributed by atoms with E-state index in [9.17, 15) is 18.0 Å². The first-order valence-electron chi connectivity index (χ1n) is 11.3. The van der Waals surface area contributed by atoms with Crippen molar-refractivity contribution >= 4 is 11.7 Å². The van der Waals surface area contributed by atoms with Gasteiger partial charge in [-0.05, 0) is 65.4 Å². The van der Waals surface area contributed by atoms with E-state index >= 15 is 0 Å². The van der Waals surface area contributed by atoms with Crippen molar-refractivity contribution in [1.29, 1.82) is 0 Å². The van der Waals surface area contributed by atoms with Crippen molar-refractivity contribution in [3.8, 4) is 0 Å². The molecule has 0 spiro atoms. The van der Waals surface area contributed by atoms with Crippen LogP contribution in [0.4, 0.5) is 18.0 Å². The molecule has 1 aliphatic heterocycles. The summed E-state index contributed by atoms with van der Waals surface area (Å²) >= 11 is 0. The molecule has 2 aliphatic rings. The zero-order chi connectivity index (χ0) is 23.3. The van der Waals surface area contributed by atoms with E-state index in [0.717, 1.165) is 29.9 Å². The summed E-state index contributed by atoms with van der Waals surface area (Å²) in [5.74, 6) is -1.12. The fourth-order valence-corrected chi connectivity index (χ4v) is 5.25. The molecular weight excluding hydrogens is 421 g/mol. The number of halogens is 3. The van der Waals surface area contributed by atoms with Gasteiger partial charge < -0.3 is 9.64 Å². The Morgan fingerprint density at radius 2 is 1.81 bits per heavy atom. The maximum absolute atomic E-state index is 13.0. The van der Waals surface area contributed by atoms with Crippen LogP contribution in [-0.2, 0) is 4.74 Å². The Bertz CT molecular complexity index is 993. The molecule has 4 rings (SSSR count). The zero-order valence-electron chi connectivity index (χ0n) is 19.1. The number of carbonyl (C=O) groups excluding carboxylic acids is 1. The van der Waals surface area contributed by atoms with E-state index < -0.39 is 12.1 Å². The van der Waals surface area contributed by atoms with Gasteiger partial charge in [-0.1, -0.05) is 0 Å². The van der Waals surface area contributed by atoms with Gasteiger partial charge in [-0.25, -0.2) is 14.3 Å². The summed E-state index contributed by atoms with van der Waals surface area (Å²) in [5.41, 5.74) is 3.06. The van der Waals surface area contributed by atoms with E-state index in [1.165, 1.54) is 7.11 Å². The maximum atomic E-state index is 13.0. The first kappa shape index (κ1) is 22.9. The van der Waals surface area contributed by atoms with Crippen LogP contribution in [0.15, 0.2) is 12.1 Å². The number of hydrogen-bond acceptors (Lipinski definition) is 4. The van der Waals surface area contributed by atoms with Crippen LogP contribution in [0.25, 0.3) is 5.65 Å². The van der Waals surface area contributed by atoms with Crippen molar-refractivity contribution in [2.75, 3.05) is 13.7 Å². The lowest BCUT2D eigenvalue weighted by Crippen LogP contribution is -2.52. The second-order valence-electron chi connectivity index (χ2n) is 9.88. The van der Waals surface area contributed by atoms with Crippen molar-refractivity contribution in [2.24, 2.45) is 5.92 Å². The van der Waals surface area contributed by atoms with Gasteiger partial charge in [0.05, 0.1) is 24.4 Å². The van der Waals surface area contributed by atoms with Gasteiger partial charge in [-0.2, -0.15) is 18.3 Å². The number of aryl methyl sites for hydroxylation is 1. The molecule has 1 saturated carbocycles. The second-order valence-corrected chi connectivity index (χ2v) is 9.88. The van der Waals surface area contributed by atoms with Gasteiger partial charge in [0.2, 0.25) is 0 Å². The summed E-state index contributed by atoms with van der Waals surface area (Å²) in [6.07, 6.45) is -1.48. The van der Waals surface area contributed by atoms with Crippen LogP contribution in [0.3, 0.4) is 0 Å². The minimum absolute atomic E-state index is 0.0142. The highest BCUT2D eigenvalue weighted by Crippen LogP contribution is 2.43. The van der Waals surface area contributed by atoms with E-state index in [2.05, 4.69) is 4.98 Å². The molecule has 2 aromatic rings. The van der Waals surface area contributed by atoms with Gasteiger partial charge in [-0.3, -0.25) is 0 Å². The van der Waals surface area contributed by atoms with Crippen LogP contribution < -0.4 is 0 Å². The number of amides is 1. The number of methoxy groups -OCH3 is 1. The van der Waals surface area contributed by atoms with Crippen LogP contribution in [0.1, 0.15) is 81.3 Å². The summed E-state index contributed by atoms with van der Waals surface area (Å²) in [5, 5.41) is 4.80. The molecule has 2 aromatic heterocycles. The van der Waals surface area contributed by atoms with Crippen molar-refractivity contribution < 1.29 is 22.7 Å². The lowest BCUT2D eigenvalue weighted by Gasteiger charge is -2.44. The third-order valence-electron chi connectivity index (χ3n) is 7.26. The minimum atomic E-state index is -4.12. The summed E-state index contributed by atoms with van der Waals surface area (Å²) in [6, 6.07) is 3.92. The predicted molar refractivity (Wildman–Crippen MR) is 114 cm³/mol. The van der Waals surface area contributed by atoms with Gasteiger partial charge in [0.25, 0.3) is 0 Å². The molecule has 9 heteroatoms. The van der Waals surface area contributed by atoms with Crippen molar-refractivity contribution in [3.63, 3.8) is 0 Å². The predicted octanol–water partition coefficient (Wildman–Crippen LogP) is 5.60. The summed E-state index contributed by atoms with van der Waals surface area (Å²) < 4.78 is 46.0. The third-order valence-corrected chi connectivity index (χ3v) is 7.26. The lowest BCUT2D eigenvalue weighted by atomic mass is 9.80. The van der Waals surface area contributed by atoms with E-state index in [0.29, 0.717) is 25.0 Å². The second kappa shape index (κ2) is 8.23. The fraction of sp³-hybridized carbons (Fsp3) is 0.696. The third kappa shape index (κ3) is 4.30. The highest BCUT2D eigenvalue weighted by atomic mass is 19.4. The van der Waals surface area contributed by atoms with E-state index in [-0.39, 0.29) is 36.3 Å². The van der Waals surface area contributed by atoms with Gasteiger partial charge in [0.1, 0.15) is 0 Å². The molecule has 0 unspecified atom stereocenters. The highest BCUT2D eigenvalue weighted by Gasteiger charge is 2.42. The Morgan fingerprint density at radius 3 is 2.44 bits per heavy atom. The first-order valence-corrected chi connectivity index (χ1v) is 11.3. The van der Waals surface area contributed by atoms with Gasteiger partial charge in [0.15, 0.2) is 5.65 Å². The zero-order valence-corrected chi connectivity index (χ0v) is 19.1. The number of likely N-dealkylation sites (tertiary alicyclic amines) is 1. The number of carbonyl (C=O) groups is 1. The van der Waals surface area contributed by atoms with Crippen LogP contribution in [-0.4, -0.2) is 51.0 Å². The number of alkyl halides is 3. The Hall–Kier alpha value is -2.32. The number of hydrogen-bond donors (Lipinski definition) is 0. The Labute approximate surface area is 186 Å².